The fourth-order valence-corrected chi connectivity index (χ4v) is 1.64. The number of hydrogen-bond acceptors (Lipinski definition) is 1. The van der Waals surface area contributed by atoms with Gasteiger partial charge in [-0.2, -0.15) is 0 Å². The maximum Gasteiger partial charge on any atom is 0.0833 e. The molecule has 0 atom stereocenters. The van der Waals surface area contributed by atoms with E-state index in [4.69, 9.17) is 5.11 Å². The van der Waals surface area contributed by atoms with E-state index in [0.29, 0.717) is 0 Å². The van der Waals surface area contributed by atoms with Gasteiger partial charge in [0, 0.05) is 22.0 Å². The van der Waals surface area contributed by atoms with Gasteiger partial charge in [-0.3, -0.25) is 0 Å². The van der Waals surface area contributed by atoms with Gasteiger partial charge in [0.25, 0.3) is 0 Å². The molecule has 1 heterocycles. The van der Waals surface area contributed by atoms with Crippen LogP contribution in [0.3, 0.4) is 0 Å². The van der Waals surface area contributed by atoms with Gasteiger partial charge >= 0.3 is 0 Å². The number of halogens is 1. The van der Waals surface area contributed by atoms with E-state index >= 15 is 0 Å². The molecule has 0 radical (unpaired) electrons. The van der Waals surface area contributed by atoms with Crippen LogP contribution in [0.4, 0.5) is 0 Å². The molecule has 0 aliphatic rings. The second-order valence-corrected chi connectivity index (χ2v) is 3.34. The zero-order valence-electron chi connectivity index (χ0n) is 5.84. The van der Waals surface area contributed by atoms with Crippen molar-refractivity contribution < 1.29 is 5.11 Å². The molecule has 1 rings (SSSR count). The average molecular weight is 251 g/mol. The van der Waals surface area contributed by atoms with Gasteiger partial charge in [-0.25, -0.2) is 0 Å². The summed E-state index contributed by atoms with van der Waals surface area (Å²) in [4.78, 5) is 0. The smallest absolute Gasteiger partial charge is 0.0833 e. The highest BCUT2D eigenvalue weighted by atomic mass is 127. The van der Waals surface area contributed by atoms with E-state index in [1.165, 1.54) is 3.57 Å². The molecule has 3 heteroatoms. The first-order chi connectivity index (χ1) is 4.77. The molecule has 1 aromatic rings. The minimum absolute atomic E-state index is 0.136. The van der Waals surface area contributed by atoms with Gasteiger partial charge < -0.3 is 9.67 Å². The molecule has 0 bridgehead atoms. The monoisotopic (exact) mass is 251 g/mol. The molecule has 1 N–H and O–H groups in total. The van der Waals surface area contributed by atoms with E-state index in [2.05, 4.69) is 29.5 Å². The Morgan fingerprint density at radius 2 is 2.40 bits per heavy atom. The minimum atomic E-state index is 0.136. The average Bonchev–Trinajstić information content (AvgIpc) is 2.30. The Kier molecular flexibility index (Phi) is 2.73. The fourth-order valence-electron chi connectivity index (χ4n) is 0.942. The number of nitrogens with zero attached hydrogens (tertiary/aromatic N) is 1. The summed E-state index contributed by atoms with van der Waals surface area (Å²) in [6.45, 7) is 3.13. The van der Waals surface area contributed by atoms with Crippen LogP contribution in [-0.4, -0.2) is 9.67 Å². The van der Waals surface area contributed by atoms with Crippen molar-refractivity contribution in [3.8, 4) is 0 Å². The molecule has 2 nitrogen and oxygen atoms in total. The fraction of sp³-hybridized carbons (Fsp3) is 0.429. The van der Waals surface area contributed by atoms with Crippen LogP contribution in [0, 0.1) is 3.57 Å². The lowest BCUT2D eigenvalue weighted by Gasteiger charge is -2.00. The summed E-state index contributed by atoms with van der Waals surface area (Å²) in [7, 11) is 0. The highest BCUT2D eigenvalue weighted by molar-refractivity contribution is 14.1. The lowest BCUT2D eigenvalue weighted by atomic mass is 10.4. The summed E-state index contributed by atoms with van der Waals surface area (Å²) in [6, 6.07) is 1.99. The van der Waals surface area contributed by atoms with Crippen LogP contribution in [-0.2, 0) is 13.2 Å². The summed E-state index contributed by atoms with van der Waals surface area (Å²) < 4.78 is 3.23. The Hall–Kier alpha value is -0.0300. The normalized spacial score (nSPS) is 10.3. The molecule has 0 saturated heterocycles. The summed E-state index contributed by atoms with van der Waals surface area (Å²) in [6.07, 6.45) is 2.03. The largest absolute Gasteiger partial charge is 0.390 e. The first-order valence-corrected chi connectivity index (χ1v) is 4.31. The van der Waals surface area contributed by atoms with Gasteiger partial charge in [0.1, 0.15) is 0 Å². The van der Waals surface area contributed by atoms with Gasteiger partial charge in [-0.1, -0.05) is 0 Å². The summed E-state index contributed by atoms with van der Waals surface area (Å²) >= 11 is 2.24. The zero-order chi connectivity index (χ0) is 7.56. The first kappa shape index (κ1) is 8.07. The molecule has 0 saturated carbocycles. The number of aryl methyl sites for hydroxylation is 1. The van der Waals surface area contributed by atoms with E-state index in [9.17, 15) is 0 Å². The van der Waals surface area contributed by atoms with Crippen LogP contribution < -0.4 is 0 Å². The van der Waals surface area contributed by atoms with Crippen LogP contribution in [0.5, 0.6) is 0 Å². The molecule has 0 aliphatic carbocycles. The molecule has 0 amide bonds. The molecule has 0 fully saturated rings. The Balaban J connectivity index is 2.96. The van der Waals surface area contributed by atoms with Crippen molar-refractivity contribution in [2.45, 2.75) is 20.1 Å². The lowest BCUT2D eigenvalue weighted by Crippen LogP contribution is -1.97. The predicted octanol–water partition coefficient (Wildman–Crippen LogP) is 1.60. The van der Waals surface area contributed by atoms with Crippen LogP contribution in [0.25, 0.3) is 0 Å². The third-order valence-corrected chi connectivity index (χ3v) is 2.05. The van der Waals surface area contributed by atoms with Crippen molar-refractivity contribution in [2.75, 3.05) is 0 Å². The molecule has 0 aliphatic heterocycles. The first-order valence-electron chi connectivity index (χ1n) is 3.23. The predicted molar refractivity (Wildman–Crippen MR) is 48.7 cm³/mol. The van der Waals surface area contributed by atoms with Gasteiger partial charge in [0.15, 0.2) is 0 Å². The van der Waals surface area contributed by atoms with Gasteiger partial charge in [0.05, 0.1) is 6.61 Å². The van der Waals surface area contributed by atoms with Crippen molar-refractivity contribution in [2.24, 2.45) is 0 Å². The van der Waals surface area contributed by atoms with E-state index in [1.54, 1.807) is 0 Å². The van der Waals surface area contributed by atoms with E-state index in [-0.39, 0.29) is 6.61 Å². The Bertz CT molecular complexity index is 198. The van der Waals surface area contributed by atoms with Crippen molar-refractivity contribution in [3.05, 3.63) is 21.5 Å². The second-order valence-electron chi connectivity index (χ2n) is 2.09. The number of aliphatic hydroxyl groups is 1. The molecule has 0 aromatic carbocycles. The number of aromatic nitrogens is 1. The highest BCUT2D eigenvalue weighted by Crippen LogP contribution is 2.10. The SMILES string of the molecule is CCn1cc(I)cc1CO. The van der Waals surface area contributed by atoms with E-state index in [1.807, 2.05) is 16.8 Å². The standard InChI is InChI=1S/C7H10INO/c1-2-9-4-6(8)3-7(9)5-10/h3-4,10H,2,5H2,1H3. The third-order valence-electron chi connectivity index (χ3n) is 1.46. The second kappa shape index (κ2) is 3.39. The summed E-state index contributed by atoms with van der Waals surface area (Å²) in [5.41, 5.74) is 0.993. The number of rotatable bonds is 2. The molecule has 0 spiro atoms. The van der Waals surface area contributed by atoms with Crippen molar-refractivity contribution >= 4 is 22.6 Å². The Labute approximate surface area is 74.0 Å². The Morgan fingerprint density at radius 3 is 2.80 bits per heavy atom. The molecular weight excluding hydrogens is 241 g/mol. The van der Waals surface area contributed by atoms with Crippen LogP contribution in [0.15, 0.2) is 12.3 Å². The van der Waals surface area contributed by atoms with Crippen molar-refractivity contribution in [3.63, 3.8) is 0 Å². The number of hydrogen-bond donors (Lipinski definition) is 1. The van der Waals surface area contributed by atoms with Crippen LogP contribution >= 0.6 is 22.6 Å². The number of aliphatic hydroxyl groups excluding tert-OH is 1. The van der Waals surface area contributed by atoms with E-state index < -0.39 is 0 Å². The van der Waals surface area contributed by atoms with Gasteiger partial charge in [-0.15, -0.1) is 0 Å². The minimum Gasteiger partial charge on any atom is -0.390 e. The van der Waals surface area contributed by atoms with Gasteiger partial charge in [0.2, 0.25) is 0 Å². The summed E-state index contributed by atoms with van der Waals surface area (Å²) in [5.74, 6) is 0. The molecule has 0 unspecified atom stereocenters. The third kappa shape index (κ3) is 1.52. The van der Waals surface area contributed by atoms with Crippen LogP contribution in [0.2, 0.25) is 0 Å². The quantitative estimate of drug-likeness (QED) is 0.793. The van der Waals surface area contributed by atoms with Crippen molar-refractivity contribution in [1.29, 1.82) is 0 Å². The van der Waals surface area contributed by atoms with Crippen molar-refractivity contribution in [1.82, 2.24) is 4.57 Å². The lowest BCUT2D eigenvalue weighted by molar-refractivity contribution is 0.271. The summed E-state index contributed by atoms with van der Waals surface area (Å²) in [5, 5.41) is 8.84. The van der Waals surface area contributed by atoms with Gasteiger partial charge in [-0.05, 0) is 35.6 Å². The topological polar surface area (TPSA) is 25.2 Å². The van der Waals surface area contributed by atoms with E-state index in [0.717, 1.165) is 12.2 Å². The Morgan fingerprint density at radius 1 is 1.70 bits per heavy atom. The zero-order valence-corrected chi connectivity index (χ0v) is 8.00. The highest BCUT2D eigenvalue weighted by Gasteiger charge is 1.99. The molecule has 56 valence electrons. The maximum absolute atomic E-state index is 8.84. The molecule has 10 heavy (non-hydrogen) atoms. The molecular formula is C7H10INO. The maximum atomic E-state index is 8.84. The molecule has 1 aromatic heterocycles. The van der Waals surface area contributed by atoms with Crippen LogP contribution in [0.1, 0.15) is 12.6 Å².